The van der Waals surface area contributed by atoms with E-state index in [1.807, 2.05) is 0 Å². The molecule has 0 spiro atoms. The van der Waals surface area contributed by atoms with Gasteiger partial charge in [-0.3, -0.25) is 4.79 Å². The van der Waals surface area contributed by atoms with E-state index in [-0.39, 0.29) is 36.2 Å². The Bertz CT molecular complexity index is 1250. The number of nitrogens with one attached hydrogen (secondary N) is 1. The van der Waals surface area contributed by atoms with Gasteiger partial charge < -0.3 is 24.6 Å². The molecule has 1 N–H and O–H groups in total. The van der Waals surface area contributed by atoms with Gasteiger partial charge in [0.1, 0.15) is 11.5 Å². The fourth-order valence-electron chi connectivity index (χ4n) is 5.89. The molecule has 13 heteroatoms. The average molecular weight is 584 g/mol. The van der Waals surface area contributed by atoms with E-state index in [1.165, 1.54) is 6.07 Å². The summed E-state index contributed by atoms with van der Waals surface area (Å²) in [4.78, 5) is 24.8. The van der Waals surface area contributed by atoms with Gasteiger partial charge in [-0.1, -0.05) is 6.07 Å². The van der Waals surface area contributed by atoms with Crippen LogP contribution in [0.25, 0.3) is 0 Å². The monoisotopic (exact) mass is 583 g/mol. The molecule has 41 heavy (non-hydrogen) atoms. The van der Waals surface area contributed by atoms with Crippen LogP contribution in [0.4, 0.5) is 27.8 Å². The summed E-state index contributed by atoms with van der Waals surface area (Å²) in [6.45, 7) is 4.05. The summed E-state index contributed by atoms with van der Waals surface area (Å²) in [5, 5.41) is 3.62. The minimum absolute atomic E-state index is 0.0416. The molecule has 0 unspecified atom stereocenters. The van der Waals surface area contributed by atoms with Crippen molar-refractivity contribution in [3.05, 3.63) is 52.0 Å². The molecule has 8 nitrogen and oxygen atoms in total. The molecule has 2 atom stereocenters. The summed E-state index contributed by atoms with van der Waals surface area (Å²) in [7, 11) is 1.66. The number of ether oxygens (including phenoxy) is 2. The number of nitrogens with zero attached hydrogens (tertiary/aromatic N) is 4. The number of fused-ring (bicyclic) bond motifs is 1. The van der Waals surface area contributed by atoms with Crippen LogP contribution < -0.4 is 10.2 Å². The molecule has 5 rings (SSSR count). The molecule has 4 heterocycles. The van der Waals surface area contributed by atoms with Crippen molar-refractivity contribution in [3.8, 4) is 0 Å². The lowest BCUT2D eigenvalue weighted by molar-refractivity contribution is -0.137. The summed E-state index contributed by atoms with van der Waals surface area (Å²) in [6.07, 6.45) is -4.94. The third-order valence-corrected chi connectivity index (χ3v) is 8.22. The van der Waals surface area contributed by atoms with Crippen LogP contribution in [-0.4, -0.2) is 78.9 Å². The van der Waals surface area contributed by atoms with Gasteiger partial charge in [-0.25, -0.2) is 18.7 Å². The highest BCUT2D eigenvalue weighted by Gasteiger charge is 2.34. The molecule has 224 valence electrons. The van der Waals surface area contributed by atoms with Gasteiger partial charge in [-0.05, 0) is 55.9 Å². The van der Waals surface area contributed by atoms with E-state index < -0.39 is 29.9 Å². The molecule has 0 radical (unpaired) electrons. The zero-order valence-electron chi connectivity index (χ0n) is 23.0. The molecule has 3 aliphatic rings. The number of alkyl halides is 5. The second-order valence-corrected chi connectivity index (χ2v) is 10.8. The van der Waals surface area contributed by atoms with E-state index in [9.17, 15) is 26.7 Å². The van der Waals surface area contributed by atoms with E-state index in [2.05, 4.69) is 15.3 Å². The first kappa shape index (κ1) is 29.6. The van der Waals surface area contributed by atoms with Crippen molar-refractivity contribution in [3.63, 3.8) is 0 Å². The molecule has 1 amide bonds. The minimum atomic E-state index is -4.50. The summed E-state index contributed by atoms with van der Waals surface area (Å²) >= 11 is 0. The number of aromatic nitrogens is 2. The molecule has 0 saturated carbocycles. The normalized spacial score (nSPS) is 22.2. The van der Waals surface area contributed by atoms with Crippen LogP contribution in [0.2, 0.25) is 0 Å². The largest absolute Gasteiger partial charge is 0.416 e. The molecular weight excluding hydrogens is 549 g/mol. The van der Waals surface area contributed by atoms with Crippen molar-refractivity contribution in [1.29, 1.82) is 0 Å². The Morgan fingerprint density at radius 2 is 1.88 bits per heavy atom. The average Bonchev–Trinajstić information content (AvgIpc) is 2.96. The Morgan fingerprint density at radius 1 is 1.12 bits per heavy atom. The van der Waals surface area contributed by atoms with Gasteiger partial charge in [0, 0.05) is 57.5 Å². The number of likely N-dealkylation sites (tertiary alicyclic amines) is 1. The van der Waals surface area contributed by atoms with Crippen LogP contribution in [-0.2, 0) is 28.6 Å². The Morgan fingerprint density at radius 3 is 2.56 bits per heavy atom. The number of amides is 1. The molecule has 2 saturated heterocycles. The first-order chi connectivity index (χ1) is 19.5. The molecular formula is C28H34F5N5O3. The number of hydrogen-bond donors (Lipinski definition) is 1. The predicted octanol–water partition coefficient (Wildman–Crippen LogP) is 4.30. The molecule has 0 bridgehead atoms. The van der Waals surface area contributed by atoms with Crippen LogP contribution in [0.3, 0.4) is 0 Å². The quantitative estimate of drug-likeness (QED) is 0.508. The summed E-state index contributed by atoms with van der Waals surface area (Å²) in [5.74, 6) is -1.09. The Kier molecular flexibility index (Phi) is 8.76. The number of piperidine rings is 1. The molecule has 2 fully saturated rings. The molecule has 3 aliphatic heterocycles. The summed E-state index contributed by atoms with van der Waals surface area (Å²) < 4.78 is 78.7. The number of rotatable bonds is 6. The standard InChI is InChI=1S/C28H34F5N5O3/c1-16-23(27(39)37-10-6-20(7-11-37)34-21-8-12-41-15-22(21)40-2)35-25(24(29)30)36-26(16)38-9-5-17-3-4-19(28(31,32)33)13-18(17)14-38/h3-4,13,20-22,24,34H,5-12,14-15H2,1-2H3/t21-,22+/m0/s1. The number of carbonyl (C=O) groups is 1. The SMILES string of the molecule is CO[C@@H]1COCC[C@@H]1NC1CCN(C(=O)c2nc(C(F)F)nc(N3CCc4ccc(C(F)(F)F)cc4C3)c2C)CC1. The van der Waals surface area contributed by atoms with Crippen molar-refractivity contribution in [2.45, 2.75) is 69.9 Å². The molecule has 2 aromatic rings. The first-order valence-corrected chi connectivity index (χ1v) is 13.8. The lowest BCUT2D eigenvalue weighted by atomic mass is 9.96. The summed E-state index contributed by atoms with van der Waals surface area (Å²) in [6, 6.07) is 3.93. The number of hydrogen-bond acceptors (Lipinski definition) is 7. The van der Waals surface area contributed by atoms with Gasteiger partial charge in [-0.15, -0.1) is 0 Å². The third-order valence-electron chi connectivity index (χ3n) is 8.22. The second-order valence-electron chi connectivity index (χ2n) is 10.8. The summed E-state index contributed by atoms with van der Waals surface area (Å²) in [5.41, 5.74) is 0.676. The minimum Gasteiger partial charge on any atom is -0.379 e. The number of methoxy groups -OCH3 is 1. The highest BCUT2D eigenvalue weighted by Crippen LogP contribution is 2.34. The van der Waals surface area contributed by atoms with Gasteiger partial charge in [-0.2, -0.15) is 13.2 Å². The number of benzene rings is 1. The lowest BCUT2D eigenvalue weighted by Crippen LogP contribution is -2.54. The zero-order valence-corrected chi connectivity index (χ0v) is 23.0. The van der Waals surface area contributed by atoms with Crippen molar-refractivity contribution >= 4 is 11.7 Å². The van der Waals surface area contributed by atoms with Crippen LogP contribution in [0, 0.1) is 6.92 Å². The maximum atomic E-state index is 13.9. The second kappa shape index (κ2) is 12.1. The van der Waals surface area contributed by atoms with E-state index in [0.717, 1.165) is 24.1 Å². The molecule has 1 aromatic heterocycles. The number of carbonyl (C=O) groups excluding carboxylic acids is 1. The predicted molar refractivity (Wildman–Crippen MR) is 140 cm³/mol. The van der Waals surface area contributed by atoms with Crippen LogP contribution in [0.15, 0.2) is 18.2 Å². The molecule has 1 aromatic carbocycles. The Hall–Kier alpha value is -2.90. The van der Waals surface area contributed by atoms with E-state index in [0.29, 0.717) is 63.2 Å². The van der Waals surface area contributed by atoms with Gasteiger partial charge in [0.05, 0.1) is 18.3 Å². The Labute approximate surface area is 235 Å². The maximum absolute atomic E-state index is 13.9. The third kappa shape index (κ3) is 6.46. The van der Waals surface area contributed by atoms with E-state index >= 15 is 0 Å². The van der Waals surface area contributed by atoms with Gasteiger partial charge >= 0.3 is 6.18 Å². The Balaban J connectivity index is 1.32. The fourth-order valence-corrected chi connectivity index (χ4v) is 5.89. The van der Waals surface area contributed by atoms with Crippen molar-refractivity contribution < 1.29 is 36.2 Å². The van der Waals surface area contributed by atoms with Crippen LogP contribution in [0.1, 0.15) is 64.3 Å². The van der Waals surface area contributed by atoms with Crippen molar-refractivity contribution in [2.75, 3.05) is 44.9 Å². The van der Waals surface area contributed by atoms with E-state index in [1.54, 1.807) is 23.8 Å². The highest BCUT2D eigenvalue weighted by molar-refractivity contribution is 5.95. The highest BCUT2D eigenvalue weighted by atomic mass is 19.4. The van der Waals surface area contributed by atoms with E-state index in [4.69, 9.17) is 9.47 Å². The smallest absolute Gasteiger partial charge is 0.379 e. The van der Waals surface area contributed by atoms with Crippen LogP contribution in [0.5, 0.6) is 0 Å². The van der Waals surface area contributed by atoms with Gasteiger partial charge in [0.25, 0.3) is 12.3 Å². The van der Waals surface area contributed by atoms with Crippen LogP contribution >= 0.6 is 0 Å². The maximum Gasteiger partial charge on any atom is 0.416 e. The molecule has 0 aliphatic carbocycles. The lowest BCUT2D eigenvalue weighted by Gasteiger charge is -2.38. The fraction of sp³-hybridized carbons (Fsp3) is 0.607. The first-order valence-electron chi connectivity index (χ1n) is 13.8. The van der Waals surface area contributed by atoms with Gasteiger partial charge in [0.15, 0.2) is 5.82 Å². The van der Waals surface area contributed by atoms with Crippen molar-refractivity contribution in [1.82, 2.24) is 20.2 Å². The topological polar surface area (TPSA) is 79.8 Å². The van der Waals surface area contributed by atoms with Gasteiger partial charge in [0.2, 0.25) is 0 Å². The number of halogens is 5. The van der Waals surface area contributed by atoms with Crippen molar-refractivity contribution in [2.24, 2.45) is 0 Å². The number of anilines is 1. The zero-order chi connectivity index (χ0) is 29.3.